The van der Waals surface area contributed by atoms with Crippen molar-refractivity contribution in [1.82, 2.24) is 0 Å². The van der Waals surface area contributed by atoms with Crippen molar-refractivity contribution in [3.63, 3.8) is 0 Å². The third-order valence-electron chi connectivity index (χ3n) is 4.93. The average Bonchev–Trinajstić information content (AvgIpc) is 2.83. The van der Waals surface area contributed by atoms with Crippen molar-refractivity contribution >= 4 is 0 Å². The Morgan fingerprint density at radius 1 is 0.963 bits per heavy atom. The Labute approximate surface area is 177 Å². The quantitative estimate of drug-likeness (QED) is 0.469. The summed E-state index contributed by atoms with van der Waals surface area (Å²) in [4.78, 5) is 0. The van der Waals surface area contributed by atoms with Gasteiger partial charge in [-0.3, -0.25) is 0 Å². The molecule has 0 saturated heterocycles. The lowest BCUT2D eigenvalue weighted by molar-refractivity contribution is -0.660. The van der Waals surface area contributed by atoms with Crippen LogP contribution in [0.1, 0.15) is 63.1 Å². The first kappa shape index (κ1) is 9.68. The van der Waals surface area contributed by atoms with E-state index in [1.165, 1.54) is 12.1 Å². The van der Waals surface area contributed by atoms with E-state index in [0.29, 0.717) is 5.56 Å². The molecule has 1 aliphatic rings. The highest BCUT2D eigenvalue weighted by molar-refractivity contribution is 5.70. The number of rotatable bonds is 3. The molecule has 0 spiro atoms. The van der Waals surface area contributed by atoms with Gasteiger partial charge in [0, 0.05) is 31.4 Å². The second-order valence-electron chi connectivity index (χ2n) is 6.81. The van der Waals surface area contributed by atoms with Gasteiger partial charge in [-0.2, -0.15) is 0 Å². The van der Waals surface area contributed by atoms with Gasteiger partial charge in [0.15, 0.2) is 6.20 Å². The summed E-state index contributed by atoms with van der Waals surface area (Å²) < 4.78 is 87.2. The van der Waals surface area contributed by atoms with Gasteiger partial charge >= 0.3 is 0 Å². The molecule has 1 aromatic heterocycles. The van der Waals surface area contributed by atoms with Gasteiger partial charge in [0.25, 0.3) is 0 Å². The molecule has 3 aromatic rings. The van der Waals surface area contributed by atoms with Crippen LogP contribution >= 0.6 is 0 Å². The number of hydrogen-bond acceptors (Lipinski definition) is 0. The second kappa shape index (κ2) is 7.68. The predicted molar refractivity (Wildman–Crippen MR) is 114 cm³/mol. The van der Waals surface area contributed by atoms with Gasteiger partial charge in [-0.1, -0.05) is 68.5 Å². The Bertz CT molecular complexity index is 1330. The van der Waals surface area contributed by atoms with Crippen molar-refractivity contribution in [2.24, 2.45) is 12.9 Å². The Morgan fingerprint density at radius 3 is 2.59 bits per heavy atom. The van der Waals surface area contributed by atoms with Crippen molar-refractivity contribution in [3.05, 3.63) is 78.0 Å². The fourth-order valence-corrected chi connectivity index (χ4v) is 3.40. The molecule has 0 N–H and O–H groups in total. The maximum absolute atomic E-state index is 9.24. The first-order chi connectivity index (χ1) is 16.9. The van der Waals surface area contributed by atoms with E-state index in [1.807, 2.05) is 61.1 Å². The van der Waals surface area contributed by atoms with E-state index >= 15 is 0 Å². The molecule has 1 fully saturated rings. The molecule has 1 heteroatoms. The summed E-state index contributed by atoms with van der Waals surface area (Å²) in [7, 11) is 1.92. The molecule has 4 rings (SSSR count). The van der Waals surface area contributed by atoms with Crippen molar-refractivity contribution in [2.45, 2.75) is 45.2 Å². The Kier molecular flexibility index (Phi) is 2.75. The lowest BCUT2D eigenvalue weighted by Crippen LogP contribution is -2.30. The Morgan fingerprint density at radius 2 is 1.74 bits per heavy atom. The normalized spacial score (nSPS) is 38.2. The van der Waals surface area contributed by atoms with E-state index in [4.69, 9.17) is 12.3 Å². The highest BCUT2D eigenvalue weighted by Gasteiger charge is 2.23. The number of aryl methyl sites for hydroxylation is 2. The fraction of sp³-hybridized carbons (Fsp3) is 0.346. The lowest BCUT2D eigenvalue weighted by atomic mass is 9.76. The fourth-order valence-electron chi connectivity index (χ4n) is 3.40. The largest absolute Gasteiger partial charge is 0.213 e. The van der Waals surface area contributed by atoms with E-state index in [0.717, 1.165) is 29.3 Å². The average molecular weight is 367 g/mol. The van der Waals surface area contributed by atoms with Gasteiger partial charge in [0.05, 0.1) is 0 Å². The molecular formula is C26H30N+. The predicted octanol–water partition coefficient (Wildman–Crippen LogP) is 6.45. The van der Waals surface area contributed by atoms with Crippen LogP contribution in [0.2, 0.25) is 0 Å². The summed E-state index contributed by atoms with van der Waals surface area (Å²) in [6.07, 6.45) is -11.3. The number of aromatic nitrogens is 1. The summed E-state index contributed by atoms with van der Waals surface area (Å²) >= 11 is 0. The van der Waals surface area contributed by atoms with Crippen LogP contribution in [-0.4, -0.2) is 0 Å². The molecule has 0 radical (unpaired) electrons. The third kappa shape index (κ3) is 3.69. The highest BCUT2D eigenvalue weighted by Crippen LogP contribution is 2.38. The Balaban J connectivity index is 1.93. The van der Waals surface area contributed by atoms with Crippen molar-refractivity contribution in [1.29, 1.82) is 0 Å². The molecule has 1 aliphatic carbocycles. The first-order valence-electron chi connectivity index (χ1n) is 14.0. The van der Waals surface area contributed by atoms with Gasteiger partial charge < -0.3 is 0 Å². The van der Waals surface area contributed by atoms with Crippen LogP contribution in [-0.2, 0) is 7.05 Å². The second-order valence-corrected chi connectivity index (χ2v) is 6.81. The zero-order chi connectivity index (χ0) is 27.8. The van der Waals surface area contributed by atoms with E-state index < -0.39 is 37.3 Å². The minimum atomic E-state index is -3.40. The standard InChI is InChI=1S/C26H30N/c1-19-9-4-6-13-24(19)23-12-8-11-21(17-23)22-15-16-27(3)26(18-22)25-14-7-5-10-20(25)2/h5,7-8,10-12,14-19,24H,4,6,9,13H2,1-3H3/q+1/i4D2,6D2,9D2,13D2,19D,24D. The molecule has 1 nitrogen and oxygen atoms in total. The molecule has 1 saturated carbocycles. The molecule has 2 aromatic carbocycles. The van der Waals surface area contributed by atoms with Crippen molar-refractivity contribution in [3.8, 4) is 22.4 Å². The SMILES string of the molecule is [2H]C1([2H])C([2H])([2H])C([2H])([2H])C([2H])(c2cccc(-c3cc[n+](C)c(-c4ccccc4C)c3)c2)C([2H])(C)C1([2H])[2H]. The molecule has 27 heavy (non-hydrogen) atoms. The highest BCUT2D eigenvalue weighted by atomic mass is 14.9. The van der Waals surface area contributed by atoms with Crippen LogP contribution in [0.5, 0.6) is 0 Å². The van der Waals surface area contributed by atoms with Crippen LogP contribution < -0.4 is 4.57 Å². The van der Waals surface area contributed by atoms with E-state index in [-0.39, 0.29) is 5.56 Å². The van der Waals surface area contributed by atoms with Crippen LogP contribution in [0.25, 0.3) is 22.4 Å². The summed E-state index contributed by atoms with van der Waals surface area (Å²) in [5.41, 5.74) is 4.24. The molecule has 0 aliphatic heterocycles. The van der Waals surface area contributed by atoms with E-state index in [1.54, 1.807) is 12.1 Å². The van der Waals surface area contributed by atoms with Gasteiger partial charge in [0.1, 0.15) is 7.05 Å². The number of benzene rings is 2. The molecular weight excluding hydrogens is 326 g/mol. The molecule has 0 bridgehead atoms. The number of nitrogens with zero attached hydrogens (tertiary/aromatic N) is 1. The zero-order valence-corrected chi connectivity index (χ0v) is 15.8. The number of hydrogen-bond donors (Lipinski definition) is 0. The third-order valence-corrected chi connectivity index (χ3v) is 4.93. The van der Waals surface area contributed by atoms with Gasteiger partial charge in [-0.15, -0.1) is 0 Å². The molecule has 2 unspecified atom stereocenters. The van der Waals surface area contributed by atoms with Gasteiger partial charge in [0.2, 0.25) is 5.69 Å². The minimum Gasteiger partial charge on any atom is -0.201 e. The maximum Gasteiger partial charge on any atom is 0.213 e. The van der Waals surface area contributed by atoms with Crippen molar-refractivity contribution < 1.29 is 18.3 Å². The van der Waals surface area contributed by atoms with Gasteiger partial charge in [-0.25, -0.2) is 4.57 Å². The van der Waals surface area contributed by atoms with Crippen LogP contribution in [0.15, 0.2) is 66.9 Å². The summed E-state index contributed by atoms with van der Waals surface area (Å²) in [6, 6.07) is 17.9. The van der Waals surface area contributed by atoms with Crippen molar-refractivity contribution in [2.75, 3.05) is 0 Å². The molecule has 1 heterocycles. The monoisotopic (exact) mass is 366 g/mol. The summed E-state index contributed by atoms with van der Waals surface area (Å²) in [5, 5.41) is 0. The first-order valence-corrected chi connectivity index (χ1v) is 9.03. The molecule has 0 amide bonds. The number of pyridine rings is 1. The summed E-state index contributed by atoms with van der Waals surface area (Å²) in [6.45, 7) is 2.99. The van der Waals surface area contributed by atoms with E-state index in [9.17, 15) is 1.37 Å². The maximum atomic E-state index is 9.24. The molecule has 2 atom stereocenters. The van der Waals surface area contributed by atoms with Crippen LogP contribution in [0, 0.1) is 12.8 Å². The topological polar surface area (TPSA) is 3.88 Å². The van der Waals surface area contributed by atoms with Crippen LogP contribution in [0.4, 0.5) is 0 Å². The summed E-state index contributed by atoms with van der Waals surface area (Å²) in [5.74, 6) is -5.47. The molecule has 138 valence electrons. The lowest BCUT2D eigenvalue weighted by Gasteiger charge is -2.29. The smallest absolute Gasteiger partial charge is 0.201 e. The Hall–Kier alpha value is -2.41. The minimum absolute atomic E-state index is 0.0959. The van der Waals surface area contributed by atoms with E-state index in [2.05, 4.69) is 0 Å². The zero-order valence-electron chi connectivity index (χ0n) is 25.8. The van der Waals surface area contributed by atoms with Gasteiger partial charge in [-0.05, 0) is 53.4 Å². The van der Waals surface area contributed by atoms with Crippen LogP contribution in [0.3, 0.4) is 0 Å².